The number of para-hydroxylation sites is 1. The van der Waals surface area contributed by atoms with Crippen LogP contribution in [-0.2, 0) is 0 Å². The van der Waals surface area contributed by atoms with Crippen LogP contribution in [0.15, 0.2) is 181 Å². The van der Waals surface area contributed by atoms with E-state index < -0.39 is 0 Å². The van der Waals surface area contributed by atoms with Crippen LogP contribution in [0.3, 0.4) is 0 Å². The van der Waals surface area contributed by atoms with Crippen LogP contribution in [0.2, 0.25) is 0 Å². The highest BCUT2D eigenvalue weighted by molar-refractivity contribution is 6.19. The van der Waals surface area contributed by atoms with Crippen LogP contribution in [0.4, 0.5) is 0 Å². The van der Waals surface area contributed by atoms with Gasteiger partial charge in [0.1, 0.15) is 6.17 Å². The lowest BCUT2D eigenvalue weighted by Crippen LogP contribution is -2.27. The fourth-order valence-corrected chi connectivity index (χ4v) is 8.01. The maximum Gasteiger partial charge on any atom is 0.148 e. The van der Waals surface area contributed by atoms with E-state index in [1.54, 1.807) is 0 Å². The molecule has 10 rings (SSSR count). The monoisotopic (exact) mass is 639 g/mol. The van der Waals surface area contributed by atoms with Crippen molar-refractivity contribution < 1.29 is 0 Å². The summed E-state index contributed by atoms with van der Waals surface area (Å²) < 4.78 is 2.47. The molecule has 0 saturated heterocycles. The zero-order valence-electron chi connectivity index (χ0n) is 27.7. The molecule has 8 aromatic carbocycles. The van der Waals surface area contributed by atoms with Gasteiger partial charge in [0.15, 0.2) is 0 Å². The van der Waals surface area contributed by atoms with E-state index in [0.29, 0.717) is 0 Å². The van der Waals surface area contributed by atoms with Crippen molar-refractivity contribution in [3.8, 4) is 5.69 Å². The van der Waals surface area contributed by atoms with Gasteiger partial charge >= 0.3 is 0 Å². The van der Waals surface area contributed by atoms with Crippen molar-refractivity contribution in [2.45, 2.75) is 6.17 Å². The third kappa shape index (κ3) is 4.40. The Balaban J connectivity index is 1.20. The molecule has 9 aromatic rings. The zero-order chi connectivity index (χ0) is 33.2. The van der Waals surface area contributed by atoms with E-state index in [2.05, 4.69) is 192 Å². The summed E-state index contributed by atoms with van der Waals surface area (Å²) >= 11 is 0. The van der Waals surface area contributed by atoms with Gasteiger partial charge in [0.05, 0.1) is 22.4 Å². The predicted octanol–water partition coefficient (Wildman–Crippen LogP) is 11.7. The van der Waals surface area contributed by atoms with Crippen LogP contribution in [0.1, 0.15) is 22.9 Å². The van der Waals surface area contributed by atoms with Gasteiger partial charge in [-0.1, -0.05) is 152 Å². The summed E-state index contributed by atoms with van der Waals surface area (Å²) in [5.41, 5.74) is 9.22. The van der Waals surface area contributed by atoms with Crippen LogP contribution in [0.25, 0.3) is 65.5 Å². The summed E-state index contributed by atoms with van der Waals surface area (Å²) in [5, 5.41) is 9.89. The minimum Gasteiger partial charge on any atom is -0.349 e. The molecule has 0 N–H and O–H groups in total. The molecule has 0 fully saturated rings. The number of aliphatic imine (C=N–C) groups is 1. The molecular weight excluding hydrogens is 607 g/mol. The molecule has 3 nitrogen and oxygen atoms in total. The van der Waals surface area contributed by atoms with Gasteiger partial charge in [-0.25, -0.2) is 0 Å². The molecular formula is C47H33N3. The lowest BCUT2D eigenvalue weighted by atomic mass is 9.96. The Labute approximate surface area is 290 Å². The summed E-state index contributed by atoms with van der Waals surface area (Å²) in [4.78, 5) is 7.82. The summed E-state index contributed by atoms with van der Waals surface area (Å²) in [5.74, 6) is 0. The van der Waals surface area contributed by atoms with Gasteiger partial charge in [-0.05, 0) is 56.9 Å². The van der Waals surface area contributed by atoms with Gasteiger partial charge in [0, 0.05) is 39.9 Å². The normalized spacial score (nSPS) is 14.9. The van der Waals surface area contributed by atoms with E-state index in [0.717, 1.165) is 17.0 Å². The smallest absolute Gasteiger partial charge is 0.148 e. The predicted molar refractivity (Wildman–Crippen MR) is 211 cm³/mol. The second-order valence-electron chi connectivity index (χ2n) is 13.2. The fraction of sp³-hybridized carbons (Fsp3) is 0.0426. The molecule has 1 aliphatic heterocycles. The first kappa shape index (κ1) is 28.6. The molecule has 1 aliphatic rings. The highest BCUT2D eigenvalue weighted by Crippen LogP contribution is 2.42. The molecule has 0 bridgehead atoms. The summed E-state index contributed by atoms with van der Waals surface area (Å²) in [7, 11) is 2.18. The van der Waals surface area contributed by atoms with Crippen molar-refractivity contribution in [2.75, 3.05) is 7.05 Å². The highest BCUT2D eigenvalue weighted by atomic mass is 15.2. The standard InChI is InChI=1S/C47H33N3/c1-49-45(35-24-23-31-13-5-6-17-34(31)29-35)30-42(33-15-3-2-4-16-33)48-47(49)41-27-28-44(38-20-10-9-19-37(38)41)50-43-22-12-11-21-39(43)40-26-25-32-14-7-8-18-36(32)46(40)50/h2-30,47H,1H3. The van der Waals surface area contributed by atoms with Crippen LogP contribution < -0.4 is 0 Å². The van der Waals surface area contributed by atoms with Crippen molar-refractivity contribution in [1.29, 1.82) is 0 Å². The third-order valence-electron chi connectivity index (χ3n) is 10.4. The van der Waals surface area contributed by atoms with E-state index in [4.69, 9.17) is 4.99 Å². The van der Waals surface area contributed by atoms with Crippen LogP contribution in [0, 0.1) is 0 Å². The Hall–Kier alpha value is -6.45. The molecule has 0 aliphatic carbocycles. The molecule has 3 heteroatoms. The number of hydrogen-bond donors (Lipinski definition) is 0. The maximum atomic E-state index is 5.48. The fourth-order valence-electron chi connectivity index (χ4n) is 8.01. The summed E-state index contributed by atoms with van der Waals surface area (Å²) in [6.07, 6.45) is 2.02. The third-order valence-corrected chi connectivity index (χ3v) is 10.4. The zero-order valence-corrected chi connectivity index (χ0v) is 27.7. The van der Waals surface area contributed by atoms with Gasteiger partial charge in [-0.3, -0.25) is 4.99 Å². The molecule has 1 aromatic heterocycles. The van der Waals surface area contributed by atoms with Crippen LogP contribution in [0.5, 0.6) is 0 Å². The molecule has 0 spiro atoms. The van der Waals surface area contributed by atoms with Crippen molar-refractivity contribution in [3.05, 3.63) is 193 Å². The summed E-state index contributed by atoms with van der Waals surface area (Å²) in [6.45, 7) is 0. The Morgan fingerprint density at radius 2 is 1.14 bits per heavy atom. The molecule has 236 valence electrons. The number of nitrogens with zero attached hydrogens (tertiary/aromatic N) is 3. The Morgan fingerprint density at radius 3 is 1.98 bits per heavy atom. The maximum absolute atomic E-state index is 5.48. The molecule has 1 atom stereocenters. The number of hydrogen-bond acceptors (Lipinski definition) is 2. The van der Waals surface area contributed by atoms with Crippen LogP contribution >= 0.6 is 0 Å². The van der Waals surface area contributed by atoms with E-state index in [9.17, 15) is 0 Å². The molecule has 2 heterocycles. The number of benzene rings is 8. The largest absolute Gasteiger partial charge is 0.349 e. The molecule has 0 saturated carbocycles. The SMILES string of the molecule is CN1C(c2ccc3ccccc3c2)=CC(c2ccccc2)=NC1c1ccc(-n2c3ccccc3c3ccc4ccccc4c32)c2ccccc12. The lowest BCUT2D eigenvalue weighted by Gasteiger charge is -2.34. The van der Waals surface area contributed by atoms with Gasteiger partial charge in [-0.15, -0.1) is 0 Å². The van der Waals surface area contributed by atoms with E-state index in [1.807, 2.05) is 0 Å². The minimum absolute atomic E-state index is 0.227. The first-order valence-corrected chi connectivity index (χ1v) is 17.2. The topological polar surface area (TPSA) is 20.5 Å². The number of allylic oxidation sites excluding steroid dienone is 1. The summed E-state index contributed by atoms with van der Waals surface area (Å²) in [6, 6.07) is 61.4. The van der Waals surface area contributed by atoms with Gasteiger partial charge < -0.3 is 9.47 Å². The van der Waals surface area contributed by atoms with Gasteiger partial charge in [0.25, 0.3) is 0 Å². The molecule has 1 unspecified atom stereocenters. The highest BCUT2D eigenvalue weighted by Gasteiger charge is 2.28. The Morgan fingerprint density at radius 1 is 0.480 bits per heavy atom. The van der Waals surface area contributed by atoms with Crippen LogP contribution in [-0.4, -0.2) is 22.2 Å². The van der Waals surface area contributed by atoms with Gasteiger partial charge in [-0.2, -0.15) is 0 Å². The average Bonchev–Trinajstić information content (AvgIpc) is 3.52. The first-order valence-electron chi connectivity index (χ1n) is 17.2. The van der Waals surface area contributed by atoms with E-state index in [1.165, 1.54) is 70.9 Å². The van der Waals surface area contributed by atoms with E-state index in [-0.39, 0.29) is 6.17 Å². The molecule has 0 radical (unpaired) electrons. The van der Waals surface area contributed by atoms with Crippen molar-refractivity contribution in [3.63, 3.8) is 0 Å². The minimum atomic E-state index is -0.227. The van der Waals surface area contributed by atoms with Crippen molar-refractivity contribution >= 4 is 65.5 Å². The lowest BCUT2D eigenvalue weighted by molar-refractivity contribution is 0.366. The number of rotatable bonds is 4. The number of fused-ring (bicyclic) bond motifs is 7. The second kappa shape index (κ2) is 11.3. The Kier molecular flexibility index (Phi) is 6.47. The molecule has 0 amide bonds. The first-order chi connectivity index (χ1) is 24.7. The average molecular weight is 640 g/mol. The second-order valence-corrected chi connectivity index (χ2v) is 13.2. The van der Waals surface area contributed by atoms with E-state index >= 15 is 0 Å². The quantitative estimate of drug-likeness (QED) is 0.188. The van der Waals surface area contributed by atoms with Gasteiger partial charge in [0.2, 0.25) is 0 Å². The van der Waals surface area contributed by atoms with Crippen molar-refractivity contribution in [1.82, 2.24) is 9.47 Å². The molecule has 50 heavy (non-hydrogen) atoms. The Bertz CT molecular complexity index is 2840. The van der Waals surface area contributed by atoms with Crippen molar-refractivity contribution in [2.24, 2.45) is 4.99 Å². The number of aromatic nitrogens is 1.